The van der Waals surface area contributed by atoms with Gasteiger partial charge in [-0.1, -0.05) is 12.1 Å². The fourth-order valence-electron chi connectivity index (χ4n) is 3.15. The number of amides is 2. The van der Waals surface area contributed by atoms with Gasteiger partial charge in [0, 0.05) is 37.7 Å². The molecule has 6 heteroatoms. The highest BCUT2D eigenvalue weighted by atomic mass is 35.5. The van der Waals surface area contributed by atoms with Crippen molar-refractivity contribution < 1.29 is 9.59 Å². The number of nitrogens with one attached hydrogen (secondary N) is 2. The second-order valence-electron chi connectivity index (χ2n) is 6.16. The summed E-state index contributed by atoms with van der Waals surface area (Å²) in [5, 5.41) is 6.27. The van der Waals surface area contributed by atoms with E-state index in [4.69, 9.17) is 0 Å². The first kappa shape index (κ1) is 17.8. The van der Waals surface area contributed by atoms with Gasteiger partial charge in [0.15, 0.2) is 0 Å². The molecule has 2 fully saturated rings. The van der Waals surface area contributed by atoms with Gasteiger partial charge in [0.1, 0.15) is 0 Å². The molecule has 2 amide bonds. The molecule has 2 heterocycles. The molecular formula is C17H24ClN3O2. The zero-order chi connectivity index (χ0) is 15.4. The van der Waals surface area contributed by atoms with Crippen LogP contribution in [0.1, 0.15) is 37.7 Å². The number of hydrogen-bond donors (Lipinski definition) is 2. The average molecular weight is 338 g/mol. The molecule has 2 N–H and O–H groups in total. The Bertz CT molecular complexity index is 541. The second-order valence-corrected chi connectivity index (χ2v) is 6.16. The summed E-state index contributed by atoms with van der Waals surface area (Å²) in [5.74, 6) is 0.295. The van der Waals surface area contributed by atoms with Crippen LogP contribution < -0.4 is 10.6 Å². The van der Waals surface area contributed by atoms with Gasteiger partial charge in [-0.25, -0.2) is 0 Å². The van der Waals surface area contributed by atoms with E-state index in [-0.39, 0.29) is 24.2 Å². The number of carbonyl (C=O) groups is 2. The molecule has 1 aromatic rings. The van der Waals surface area contributed by atoms with Crippen molar-refractivity contribution in [2.45, 2.75) is 44.7 Å². The summed E-state index contributed by atoms with van der Waals surface area (Å²) in [4.78, 5) is 25.5. The molecule has 0 spiro atoms. The Morgan fingerprint density at radius 1 is 1.26 bits per heavy atom. The Labute approximate surface area is 143 Å². The number of anilines is 1. The van der Waals surface area contributed by atoms with Crippen LogP contribution in [0.2, 0.25) is 0 Å². The van der Waals surface area contributed by atoms with E-state index in [0.717, 1.165) is 43.6 Å². The molecule has 5 nitrogen and oxygen atoms in total. The number of halogens is 1. The van der Waals surface area contributed by atoms with Crippen LogP contribution in [0, 0.1) is 0 Å². The third kappa shape index (κ3) is 4.94. The Morgan fingerprint density at radius 2 is 2.04 bits per heavy atom. The van der Waals surface area contributed by atoms with Crippen molar-refractivity contribution in [3.63, 3.8) is 0 Å². The van der Waals surface area contributed by atoms with Gasteiger partial charge in [-0.2, -0.15) is 0 Å². The Morgan fingerprint density at radius 3 is 2.65 bits per heavy atom. The molecule has 0 aliphatic carbocycles. The maximum absolute atomic E-state index is 12.0. The van der Waals surface area contributed by atoms with E-state index in [9.17, 15) is 9.59 Å². The minimum Gasteiger partial charge on any atom is -0.338 e. The number of likely N-dealkylation sites (tertiary alicyclic amines) is 1. The molecule has 1 aromatic carbocycles. The van der Waals surface area contributed by atoms with Gasteiger partial charge in [0.25, 0.3) is 0 Å². The molecule has 23 heavy (non-hydrogen) atoms. The molecule has 2 aliphatic rings. The van der Waals surface area contributed by atoms with E-state index >= 15 is 0 Å². The topological polar surface area (TPSA) is 61.4 Å². The summed E-state index contributed by atoms with van der Waals surface area (Å²) in [5.41, 5.74) is 1.92. The van der Waals surface area contributed by atoms with Crippen LogP contribution in [0.3, 0.4) is 0 Å². The number of hydrogen-bond acceptors (Lipinski definition) is 3. The summed E-state index contributed by atoms with van der Waals surface area (Å²) < 4.78 is 0. The first-order valence-electron chi connectivity index (χ1n) is 8.11. The van der Waals surface area contributed by atoms with Crippen LogP contribution in [0.15, 0.2) is 24.3 Å². The van der Waals surface area contributed by atoms with Gasteiger partial charge < -0.3 is 15.5 Å². The van der Waals surface area contributed by atoms with Crippen LogP contribution >= 0.6 is 12.4 Å². The molecule has 3 rings (SSSR count). The number of benzene rings is 1. The van der Waals surface area contributed by atoms with Crippen LogP contribution in [0.4, 0.5) is 5.69 Å². The number of rotatable bonds is 5. The van der Waals surface area contributed by atoms with E-state index in [0.29, 0.717) is 25.4 Å². The van der Waals surface area contributed by atoms with Gasteiger partial charge >= 0.3 is 0 Å². The first-order valence-corrected chi connectivity index (χ1v) is 8.11. The summed E-state index contributed by atoms with van der Waals surface area (Å²) in [6.07, 6.45) is 4.40. The smallest absolute Gasteiger partial charge is 0.225 e. The number of carbonyl (C=O) groups excluding carboxylic acids is 2. The van der Waals surface area contributed by atoms with Gasteiger partial charge in [0.05, 0.1) is 0 Å². The summed E-state index contributed by atoms with van der Waals surface area (Å²) in [6, 6.07) is 8.11. The fraction of sp³-hybridized carbons (Fsp3) is 0.529. The minimum absolute atomic E-state index is 0. The van der Waals surface area contributed by atoms with E-state index in [1.54, 1.807) is 0 Å². The van der Waals surface area contributed by atoms with Crippen molar-refractivity contribution in [1.29, 1.82) is 0 Å². The first-order chi connectivity index (χ1) is 10.7. The molecule has 1 unspecified atom stereocenters. The van der Waals surface area contributed by atoms with Crippen LogP contribution in [0.25, 0.3) is 0 Å². The summed E-state index contributed by atoms with van der Waals surface area (Å²) in [7, 11) is 0. The lowest BCUT2D eigenvalue weighted by molar-refractivity contribution is -0.128. The average Bonchev–Trinajstić information content (AvgIpc) is 3.14. The SMILES string of the molecule is Cl.O=C(CC1CCCN1)Nc1ccc(CN2CCCC2=O)cc1. The highest BCUT2D eigenvalue weighted by molar-refractivity contribution is 5.91. The quantitative estimate of drug-likeness (QED) is 0.866. The van der Waals surface area contributed by atoms with Crippen molar-refractivity contribution in [2.75, 3.05) is 18.4 Å². The van der Waals surface area contributed by atoms with Crippen LogP contribution in [0.5, 0.6) is 0 Å². The second kappa shape index (κ2) is 8.31. The van der Waals surface area contributed by atoms with E-state index < -0.39 is 0 Å². The maximum atomic E-state index is 12.0. The highest BCUT2D eigenvalue weighted by Gasteiger charge is 2.20. The van der Waals surface area contributed by atoms with E-state index in [1.165, 1.54) is 0 Å². The maximum Gasteiger partial charge on any atom is 0.225 e. The van der Waals surface area contributed by atoms with Crippen molar-refractivity contribution in [3.8, 4) is 0 Å². The Balaban J connectivity index is 0.00000192. The fourth-order valence-corrected chi connectivity index (χ4v) is 3.15. The lowest BCUT2D eigenvalue weighted by Crippen LogP contribution is -2.27. The van der Waals surface area contributed by atoms with Gasteiger partial charge in [-0.05, 0) is 43.5 Å². The van der Waals surface area contributed by atoms with E-state index in [2.05, 4.69) is 10.6 Å². The van der Waals surface area contributed by atoms with Crippen molar-refractivity contribution in [3.05, 3.63) is 29.8 Å². The van der Waals surface area contributed by atoms with Crippen LogP contribution in [-0.2, 0) is 16.1 Å². The predicted molar refractivity (Wildman–Crippen MR) is 92.6 cm³/mol. The molecular weight excluding hydrogens is 314 g/mol. The zero-order valence-corrected chi connectivity index (χ0v) is 14.0. The third-order valence-electron chi connectivity index (χ3n) is 4.38. The lowest BCUT2D eigenvalue weighted by atomic mass is 10.1. The van der Waals surface area contributed by atoms with Crippen LogP contribution in [-0.4, -0.2) is 35.8 Å². The molecule has 1 atom stereocenters. The molecule has 0 radical (unpaired) electrons. The van der Waals surface area contributed by atoms with E-state index in [1.807, 2.05) is 29.2 Å². The van der Waals surface area contributed by atoms with Crippen molar-refractivity contribution >= 4 is 29.9 Å². The molecule has 2 saturated heterocycles. The standard InChI is InChI=1S/C17H23N3O2.ClH/c21-16(11-15-3-1-9-18-15)19-14-7-5-13(6-8-14)12-20-10-2-4-17(20)22;/h5-8,15,18H,1-4,9-12H2,(H,19,21);1H. The third-order valence-corrected chi connectivity index (χ3v) is 4.38. The molecule has 2 aliphatic heterocycles. The molecule has 0 aromatic heterocycles. The lowest BCUT2D eigenvalue weighted by Gasteiger charge is -2.16. The van der Waals surface area contributed by atoms with Crippen molar-refractivity contribution in [1.82, 2.24) is 10.2 Å². The normalized spacial score (nSPS) is 20.4. The minimum atomic E-state index is 0. The molecule has 126 valence electrons. The Kier molecular flexibility index (Phi) is 6.42. The molecule has 0 saturated carbocycles. The summed E-state index contributed by atoms with van der Waals surface area (Å²) >= 11 is 0. The summed E-state index contributed by atoms with van der Waals surface area (Å²) in [6.45, 7) is 2.53. The Hall–Kier alpha value is -1.59. The predicted octanol–water partition coefficient (Wildman–Crippen LogP) is 2.31. The monoisotopic (exact) mass is 337 g/mol. The largest absolute Gasteiger partial charge is 0.338 e. The van der Waals surface area contributed by atoms with Gasteiger partial charge in [-0.3, -0.25) is 9.59 Å². The van der Waals surface area contributed by atoms with Gasteiger partial charge in [-0.15, -0.1) is 12.4 Å². The highest BCUT2D eigenvalue weighted by Crippen LogP contribution is 2.17. The van der Waals surface area contributed by atoms with Crippen molar-refractivity contribution in [2.24, 2.45) is 0 Å². The van der Waals surface area contributed by atoms with Gasteiger partial charge in [0.2, 0.25) is 11.8 Å². The molecule has 0 bridgehead atoms. The number of nitrogens with zero attached hydrogens (tertiary/aromatic N) is 1. The zero-order valence-electron chi connectivity index (χ0n) is 13.2.